The van der Waals surface area contributed by atoms with E-state index < -0.39 is 4.92 Å². The fourth-order valence-electron chi connectivity index (χ4n) is 1.33. The molecule has 0 atom stereocenters. The van der Waals surface area contributed by atoms with E-state index in [-0.39, 0.29) is 21.4 Å². The van der Waals surface area contributed by atoms with Gasteiger partial charge in [0.25, 0.3) is 0 Å². The zero-order valence-corrected chi connectivity index (χ0v) is 8.84. The third kappa shape index (κ3) is 1.64. The zero-order valence-electron chi connectivity index (χ0n) is 7.33. The molecule has 78 valence electrons. The van der Waals surface area contributed by atoms with E-state index in [2.05, 4.69) is 10.3 Å². The van der Waals surface area contributed by atoms with Gasteiger partial charge < -0.3 is 5.32 Å². The first kappa shape index (κ1) is 10.2. The van der Waals surface area contributed by atoms with Crippen LogP contribution in [0.25, 0.3) is 0 Å². The summed E-state index contributed by atoms with van der Waals surface area (Å²) >= 11 is 11.5. The van der Waals surface area contributed by atoms with Crippen LogP contribution in [0.2, 0.25) is 10.0 Å². The van der Waals surface area contributed by atoms with Crippen LogP contribution in [0.4, 0.5) is 17.1 Å². The molecular formula is C8H5Cl2N3O2. The molecule has 2 rings (SSSR count). The van der Waals surface area contributed by atoms with Crippen LogP contribution < -0.4 is 5.32 Å². The number of nitrogens with one attached hydrogen (secondary N) is 1. The number of aliphatic imine (C=N–C) groups is 1. The van der Waals surface area contributed by atoms with Gasteiger partial charge in [-0.25, -0.2) is 0 Å². The van der Waals surface area contributed by atoms with Crippen LogP contribution in [-0.2, 0) is 0 Å². The predicted octanol–water partition coefficient (Wildman–Crippen LogP) is 3.03. The van der Waals surface area contributed by atoms with Crippen molar-refractivity contribution in [3.8, 4) is 0 Å². The lowest BCUT2D eigenvalue weighted by atomic mass is 10.2. The van der Waals surface area contributed by atoms with Crippen LogP contribution in [0.15, 0.2) is 11.1 Å². The average Bonchev–Trinajstić information content (AvgIpc) is 2.19. The van der Waals surface area contributed by atoms with Gasteiger partial charge in [-0.1, -0.05) is 23.2 Å². The maximum absolute atomic E-state index is 10.8. The van der Waals surface area contributed by atoms with Gasteiger partial charge in [-0.2, -0.15) is 0 Å². The molecule has 1 aliphatic rings. The lowest BCUT2D eigenvalue weighted by Gasteiger charge is -2.13. The SMILES string of the molecule is O=[N+]([O-])c1c(Cl)c(Cl)cc2c1N=CCN2. The average molecular weight is 246 g/mol. The summed E-state index contributed by atoms with van der Waals surface area (Å²) in [6.07, 6.45) is 1.54. The topological polar surface area (TPSA) is 67.5 Å². The summed E-state index contributed by atoms with van der Waals surface area (Å²) in [5, 5.41) is 13.8. The van der Waals surface area contributed by atoms with Crippen molar-refractivity contribution in [2.24, 2.45) is 4.99 Å². The van der Waals surface area contributed by atoms with E-state index in [1.165, 1.54) is 6.07 Å². The minimum atomic E-state index is -0.586. The Bertz CT molecular complexity index is 473. The number of rotatable bonds is 1. The molecule has 1 aliphatic heterocycles. The van der Waals surface area contributed by atoms with Gasteiger partial charge in [0, 0.05) is 6.21 Å². The fraction of sp³-hybridized carbons (Fsp3) is 0.125. The Labute approximate surface area is 94.9 Å². The number of fused-ring (bicyclic) bond motifs is 1. The van der Waals surface area contributed by atoms with Crippen LogP contribution in [0.3, 0.4) is 0 Å². The molecule has 1 N–H and O–H groups in total. The number of hydrogen-bond acceptors (Lipinski definition) is 4. The molecule has 0 amide bonds. The van der Waals surface area contributed by atoms with Crippen LogP contribution in [0, 0.1) is 10.1 Å². The molecule has 5 nitrogen and oxygen atoms in total. The minimum Gasteiger partial charge on any atom is -0.378 e. The van der Waals surface area contributed by atoms with Crippen molar-refractivity contribution in [1.82, 2.24) is 0 Å². The predicted molar refractivity (Wildman–Crippen MR) is 59.8 cm³/mol. The van der Waals surface area contributed by atoms with Gasteiger partial charge in [-0.15, -0.1) is 0 Å². The van der Waals surface area contributed by atoms with Crippen molar-refractivity contribution in [3.05, 3.63) is 26.2 Å². The first-order valence-electron chi connectivity index (χ1n) is 4.04. The molecule has 0 aromatic heterocycles. The second kappa shape index (κ2) is 3.67. The highest BCUT2D eigenvalue weighted by molar-refractivity contribution is 6.44. The number of nitro groups is 1. The Morgan fingerprint density at radius 2 is 2.27 bits per heavy atom. The van der Waals surface area contributed by atoms with E-state index in [0.717, 1.165) is 0 Å². The first-order valence-corrected chi connectivity index (χ1v) is 4.79. The van der Waals surface area contributed by atoms with Gasteiger partial charge in [-0.05, 0) is 6.07 Å². The highest BCUT2D eigenvalue weighted by atomic mass is 35.5. The van der Waals surface area contributed by atoms with Crippen molar-refractivity contribution in [1.29, 1.82) is 0 Å². The largest absolute Gasteiger partial charge is 0.378 e. The van der Waals surface area contributed by atoms with Gasteiger partial charge in [0.1, 0.15) is 5.02 Å². The Kier molecular flexibility index (Phi) is 2.50. The Morgan fingerprint density at radius 1 is 1.53 bits per heavy atom. The Morgan fingerprint density at radius 3 is 2.93 bits per heavy atom. The lowest BCUT2D eigenvalue weighted by Crippen LogP contribution is -2.08. The third-order valence-electron chi connectivity index (χ3n) is 1.95. The highest BCUT2D eigenvalue weighted by Crippen LogP contribution is 2.45. The first-order chi connectivity index (χ1) is 7.11. The van der Waals surface area contributed by atoms with Gasteiger partial charge in [0.2, 0.25) is 0 Å². The normalized spacial score (nSPS) is 13.2. The number of benzene rings is 1. The van der Waals surface area contributed by atoms with E-state index in [1.54, 1.807) is 6.21 Å². The summed E-state index contributed by atoms with van der Waals surface area (Å²) in [4.78, 5) is 14.2. The van der Waals surface area contributed by atoms with E-state index in [4.69, 9.17) is 23.2 Å². The summed E-state index contributed by atoms with van der Waals surface area (Å²) in [5.74, 6) is 0. The number of hydrogen-bond donors (Lipinski definition) is 1. The summed E-state index contributed by atoms with van der Waals surface area (Å²) in [5.41, 5.74) is 0.488. The molecule has 0 radical (unpaired) electrons. The molecule has 1 heterocycles. The molecule has 0 bridgehead atoms. The smallest absolute Gasteiger partial charge is 0.316 e. The molecule has 0 saturated heterocycles. The lowest BCUT2D eigenvalue weighted by molar-refractivity contribution is -0.383. The molecule has 0 aliphatic carbocycles. The molecule has 15 heavy (non-hydrogen) atoms. The summed E-state index contributed by atoms with van der Waals surface area (Å²) in [6.45, 7) is 0.516. The van der Waals surface area contributed by atoms with Gasteiger partial charge >= 0.3 is 5.69 Å². The number of halogens is 2. The molecule has 0 saturated carbocycles. The van der Waals surface area contributed by atoms with Crippen molar-refractivity contribution in [2.75, 3.05) is 11.9 Å². The summed E-state index contributed by atoms with van der Waals surface area (Å²) in [7, 11) is 0. The Hall–Kier alpha value is -1.33. The van der Waals surface area contributed by atoms with E-state index >= 15 is 0 Å². The molecule has 0 fully saturated rings. The van der Waals surface area contributed by atoms with Gasteiger partial charge in [0.15, 0.2) is 5.69 Å². The highest BCUT2D eigenvalue weighted by Gasteiger charge is 2.26. The van der Waals surface area contributed by atoms with E-state index in [9.17, 15) is 10.1 Å². The maximum Gasteiger partial charge on any atom is 0.316 e. The summed E-state index contributed by atoms with van der Waals surface area (Å²) < 4.78 is 0. The van der Waals surface area contributed by atoms with Crippen molar-refractivity contribution >= 4 is 46.5 Å². The minimum absolute atomic E-state index is 0.0822. The second-order valence-electron chi connectivity index (χ2n) is 2.87. The molecule has 1 aromatic carbocycles. The van der Waals surface area contributed by atoms with Crippen molar-refractivity contribution in [2.45, 2.75) is 0 Å². The van der Waals surface area contributed by atoms with E-state index in [1.807, 2.05) is 0 Å². The Balaban J connectivity index is 2.76. The third-order valence-corrected chi connectivity index (χ3v) is 2.73. The van der Waals surface area contributed by atoms with Gasteiger partial charge in [0.05, 0.1) is 22.2 Å². The molecule has 7 heteroatoms. The molecular weight excluding hydrogens is 241 g/mol. The fourth-order valence-corrected chi connectivity index (χ4v) is 1.74. The summed E-state index contributed by atoms with van der Waals surface area (Å²) in [6, 6.07) is 1.53. The number of nitrogens with zero attached hydrogens (tertiary/aromatic N) is 2. The van der Waals surface area contributed by atoms with Crippen LogP contribution in [-0.4, -0.2) is 17.7 Å². The quantitative estimate of drug-likeness (QED) is 0.611. The number of anilines is 1. The van der Waals surface area contributed by atoms with Crippen LogP contribution >= 0.6 is 23.2 Å². The van der Waals surface area contributed by atoms with Crippen molar-refractivity contribution < 1.29 is 4.92 Å². The number of nitro benzene ring substituents is 1. The monoisotopic (exact) mass is 245 g/mol. The zero-order chi connectivity index (χ0) is 11.0. The maximum atomic E-state index is 10.8. The standard InChI is InChI=1S/C8H5Cl2N3O2/c9-4-3-5-7(12-2-1-11-5)8(6(4)10)13(14)15/h2-3,11H,1H2. The van der Waals surface area contributed by atoms with Crippen LogP contribution in [0.1, 0.15) is 0 Å². The molecule has 0 spiro atoms. The molecule has 1 aromatic rings. The van der Waals surface area contributed by atoms with E-state index in [0.29, 0.717) is 12.2 Å². The second-order valence-corrected chi connectivity index (χ2v) is 3.65. The van der Waals surface area contributed by atoms with Crippen molar-refractivity contribution in [3.63, 3.8) is 0 Å². The van der Waals surface area contributed by atoms with Gasteiger partial charge in [-0.3, -0.25) is 15.1 Å². The van der Waals surface area contributed by atoms with Crippen LogP contribution in [0.5, 0.6) is 0 Å². The molecule has 0 unspecified atom stereocenters.